The van der Waals surface area contributed by atoms with Crippen LogP contribution in [0.25, 0.3) is 56.0 Å². The van der Waals surface area contributed by atoms with Crippen LogP contribution in [0.2, 0.25) is 0 Å². The van der Waals surface area contributed by atoms with Gasteiger partial charge in [0.15, 0.2) is 11.6 Å². The number of pyridine rings is 4. The fraction of sp³-hybridized carbons (Fsp3) is 0.143. The van der Waals surface area contributed by atoms with Crippen molar-refractivity contribution in [1.29, 1.82) is 10.5 Å². The molecule has 2 aromatic carbocycles. The zero-order valence-electron chi connectivity index (χ0n) is 29.6. The zero-order chi connectivity index (χ0) is 37.3. The van der Waals surface area contributed by atoms with E-state index in [1.807, 2.05) is 117 Å². The molecule has 0 aliphatic carbocycles. The first-order valence-corrected chi connectivity index (χ1v) is 17.5. The van der Waals surface area contributed by atoms with E-state index < -0.39 is 0 Å². The molecule has 0 radical (unpaired) electrons. The fourth-order valence-electron chi connectivity index (χ4n) is 6.55. The molecule has 4 N–H and O–H groups in total. The van der Waals surface area contributed by atoms with E-state index in [2.05, 4.69) is 22.2 Å². The maximum atomic E-state index is 10.0. The number of benzene rings is 2. The number of fused-ring (bicyclic) bond motifs is 2. The molecule has 0 saturated heterocycles. The fourth-order valence-corrected chi connectivity index (χ4v) is 6.55. The van der Waals surface area contributed by atoms with Crippen molar-refractivity contribution in [2.45, 2.75) is 38.8 Å². The molecule has 6 heterocycles. The topological polar surface area (TPSA) is 187 Å². The van der Waals surface area contributed by atoms with E-state index >= 15 is 0 Å². The van der Waals surface area contributed by atoms with Gasteiger partial charge in [-0.3, -0.25) is 9.97 Å². The predicted octanol–water partition coefficient (Wildman–Crippen LogP) is 6.98. The largest absolute Gasteiger partial charge is 0.323 e. The van der Waals surface area contributed by atoms with Crippen molar-refractivity contribution >= 4 is 21.8 Å². The van der Waals surface area contributed by atoms with Gasteiger partial charge < -0.3 is 11.5 Å². The van der Waals surface area contributed by atoms with Gasteiger partial charge in [-0.2, -0.15) is 20.7 Å². The van der Waals surface area contributed by atoms with Crippen LogP contribution < -0.4 is 11.5 Å². The molecule has 0 spiro atoms. The van der Waals surface area contributed by atoms with Crippen molar-refractivity contribution in [2.75, 3.05) is 0 Å². The lowest BCUT2D eigenvalue weighted by Gasteiger charge is -2.13. The summed E-state index contributed by atoms with van der Waals surface area (Å²) in [4.78, 5) is 19.2. The molecule has 0 fully saturated rings. The van der Waals surface area contributed by atoms with E-state index in [9.17, 15) is 10.5 Å². The maximum Gasteiger partial charge on any atom is 0.154 e. The molecule has 12 heteroatoms. The molecule has 0 saturated carbocycles. The lowest BCUT2D eigenvalue weighted by molar-refractivity contribution is 0.626. The highest BCUT2D eigenvalue weighted by atomic mass is 15.3. The molecule has 12 nitrogen and oxygen atoms in total. The van der Waals surface area contributed by atoms with Crippen LogP contribution in [0.4, 0.5) is 0 Å². The first-order chi connectivity index (χ1) is 26.3. The van der Waals surface area contributed by atoms with Crippen LogP contribution in [-0.4, -0.2) is 39.5 Å². The quantitative estimate of drug-likeness (QED) is 0.158. The minimum atomic E-state index is -0.369. The Kier molecular flexibility index (Phi) is 8.89. The molecular weight excluding hydrogens is 673 g/mol. The van der Waals surface area contributed by atoms with E-state index in [4.69, 9.17) is 31.5 Å². The third-order valence-electron chi connectivity index (χ3n) is 9.36. The van der Waals surface area contributed by atoms with Crippen molar-refractivity contribution in [3.8, 4) is 46.3 Å². The van der Waals surface area contributed by atoms with Gasteiger partial charge in [-0.15, -0.1) is 0 Å². The normalized spacial score (nSPS) is 12.4. The number of aryl methyl sites for hydroxylation is 2. The van der Waals surface area contributed by atoms with Gasteiger partial charge in [0, 0.05) is 51.6 Å². The number of hydrogen-bond acceptors (Lipinski definition) is 10. The van der Waals surface area contributed by atoms with Gasteiger partial charge in [-0.25, -0.2) is 19.3 Å². The molecule has 8 aromatic rings. The number of nitriles is 2. The lowest BCUT2D eigenvalue weighted by Crippen LogP contribution is -2.14. The molecule has 262 valence electrons. The summed E-state index contributed by atoms with van der Waals surface area (Å²) in [7, 11) is 0. The average molecular weight is 707 g/mol. The lowest BCUT2D eigenvalue weighted by atomic mass is 10.0. The van der Waals surface area contributed by atoms with E-state index in [0.29, 0.717) is 46.8 Å². The summed E-state index contributed by atoms with van der Waals surface area (Å²) >= 11 is 0. The molecular formula is C42H34N12. The Morgan fingerprint density at radius 2 is 1.39 bits per heavy atom. The van der Waals surface area contributed by atoms with E-state index in [0.717, 1.165) is 55.9 Å². The average Bonchev–Trinajstić information content (AvgIpc) is 3.84. The summed E-state index contributed by atoms with van der Waals surface area (Å²) < 4.78 is 3.44. The first kappa shape index (κ1) is 34.0. The summed E-state index contributed by atoms with van der Waals surface area (Å²) in [5.74, 6) is 1.30. The monoisotopic (exact) mass is 706 g/mol. The summed E-state index contributed by atoms with van der Waals surface area (Å²) in [6.45, 7) is 3.82. The van der Waals surface area contributed by atoms with Crippen LogP contribution in [0.1, 0.15) is 59.3 Å². The highest BCUT2D eigenvalue weighted by molar-refractivity contribution is 5.91. The molecule has 6 aromatic heterocycles. The SMILES string of the molecule is Cc1cccc(-n2cc3c(C#N)cc(-c4cccc(C(N)CCc5cccc(-n6ncc7c(C#N)cc(-c8cccc(C(C)N)n8)cc76)n5)n4)cc3n2)n1. The number of nitrogens with two attached hydrogens (primary N) is 2. The molecule has 2 unspecified atom stereocenters. The Bertz CT molecular complexity index is 2780. The Hall–Kier alpha value is -7.12. The van der Waals surface area contributed by atoms with Crippen LogP contribution in [0.3, 0.4) is 0 Å². The van der Waals surface area contributed by atoms with Gasteiger partial charge in [0.1, 0.15) is 0 Å². The summed E-state index contributed by atoms with van der Waals surface area (Å²) in [6, 6.07) is 34.6. The van der Waals surface area contributed by atoms with Gasteiger partial charge >= 0.3 is 0 Å². The minimum Gasteiger partial charge on any atom is -0.323 e. The Labute approximate surface area is 311 Å². The highest BCUT2D eigenvalue weighted by Crippen LogP contribution is 2.30. The smallest absolute Gasteiger partial charge is 0.154 e. The van der Waals surface area contributed by atoms with Gasteiger partial charge in [0.25, 0.3) is 0 Å². The third kappa shape index (κ3) is 6.55. The number of hydrogen-bond donors (Lipinski definition) is 2. The Morgan fingerprint density at radius 3 is 2.13 bits per heavy atom. The zero-order valence-corrected chi connectivity index (χ0v) is 29.6. The molecule has 2 atom stereocenters. The van der Waals surface area contributed by atoms with Crippen molar-refractivity contribution < 1.29 is 0 Å². The number of aromatic nitrogens is 8. The second-order valence-corrected chi connectivity index (χ2v) is 13.2. The van der Waals surface area contributed by atoms with Gasteiger partial charge in [0.05, 0.1) is 63.3 Å². The summed E-state index contributed by atoms with van der Waals surface area (Å²) in [6.07, 6.45) is 4.71. The number of nitrogens with zero attached hydrogens (tertiary/aromatic N) is 10. The Balaban J connectivity index is 1.03. The van der Waals surface area contributed by atoms with E-state index in [1.165, 1.54) is 0 Å². The highest BCUT2D eigenvalue weighted by Gasteiger charge is 2.17. The standard InChI is InChI=1S/C42H34N12/c1-25-7-3-13-41(48-25)53-24-33-30(22-44)17-27(19-39(33)52-53)36-11-6-12-38(51-36)34(46)16-15-31-8-4-14-42(49-31)54-40-20-28(18-29(21-43)32(40)23-47-54)37-10-5-9-35(50-37)26(2)45/h3-14,17-20,23-24,26,34H,15-16,45-46H2,1-2H3. The first-order valence-electron chi connectivity index (χ1n) is 17.5. The van der Waals surface area contributed by atoms with Crippen molar-refractivity contribution in [3.63, 3.8) is 0 Å². The van der Waals surface area contributed by atoms with E-state index in [1.54, 1.807) is 15.6 Å². The molecule has 0 bridgehead atoms. The predicted molar refractivity (Wildman–Crippen MR) is 206 cm³/mol. The van der Waals surface area contributed by atoms with Crippen LogP contribution in [-0.2, 0) is 6.42 Å². The van der Waals surface area contributed by atoms with Crippen LogP contribution in [0.15, 0.2) is 109 Å². The van der Waals surface area contributed by atoms with Crippen molar-refractivity contribution in [1.82, 2.24) is 39.5 Å². The second kappa shape index (κ2) is 14.1. The molecule has 0 aliphatic rings. The molecule has 54 heavy (non-hydrogen) atoms. The summed E-state index contributed by atoms with van der Waals surface area (Å²) in [5.41, 5.74) is 21.4. The van der Waals surface area contributed by atoms with Gasteiger partial charge in [-0.05, 0) is 99.5 Å². The van der Waals surface area contributed by atoms with Crippen molar-refractivity contribution in [2.24, 2.45) is 11.5 Å². The van der Waals surface area contributed by atoms with Gasteiger partial charge in [0.2, 0.25) is 0 Å². The van der Waals surface area contributed by atoms with Gasteiger partial charge in [-0.1, -0.05) is 24.3 Å². The van der Waals surface area contributed by atoms with Crippen LogP contribution in [0, 0.1) is 29.6 Å². The Morgan fingerprint density at radius 1 is 0.722 bits per heavy atom. The molecule has 8 rings (SSSR count). The van der Waals surface area contributed by atoms with Crippen LogP contribution >= 0.6 is 0 Å². The second-order valence-electron chi connectivity index (χ2n) is 13.2. The van der Waals surface area contributed by atoms with Crippen LogP contribution in [0.5, 0.6) is 0 Å². The minimum absolute atomic E-state index is 0.221. The van der Waals surface area contributed by atoms with E-state index in [-0.39, 0.29) is 12.1 Å². The van der Waals surface area contributed by atoms with Crippen molar-refractivity contribution in [3.05, 3.63) is 143 Å². The maximum absolute atomic E-state index is 10.0. The molecule has 0 amide bonds. The number of rotatable bonds is 9. The third-order valence-corrected chi connectivity index (χ3v) is 9.36. The summed E-state index contributed by atoms with van der Waals surface area (Å²) in [5, 5.41) is 30.9. The molecule has 0 aliphatic heterocycles.